The molecule has 0 aliphatic heterocycles. The highest BCUT2D eigenvalue weighted by Crippen LogP contribution is 2.02. The number of nitrogens with zero attached hydrogens (tertiary/aromatic N) is 3. The Hall–Kier alpha value is -1.21. The maximum absolute atomic E-state index is 11.2. The van der Waals surface area contributed by atoms with Crippen LogP contribution in [0.25, 0.3) is 0 Å². The third-order valence-corrected chi connectivity index (χ3v) is 3.23. The van der Waals surface area contributed by atoms with Crippen LogP contribution in [0.5, 0.6) is 0 Å². The lowest BCUT2D eigenvalue weighted by molar-refractivity contribution is -0.696. The molecule has 19 heavy (non-hydrogen) atoms. The van der Waals surface area contributed by atoms with E-state index in [-0.39, 0.29) is 6.42 Å². The second kappa shape index (κ2) is 7.40. The largest absolute Gasteiger partial charge is 0.300 e. The van der Waals surface area contributed by atoms with Crippen molar-refractivity contribution >= 4 is 15.9 Å². The van der Waals surface area contributed by atoms with Crippen molar-refractivity contribution in [2.75, 3.05) is 6.26 Å². The fourth-order valence-corrected chi connectivity index (χ4v) is 2.21. The summed E-state index contributed by atoms with van der Waals surface area (Å²) < 4.78 is 27.2. The Morgan fingerprint density at radius 3 is 2.74 bits per heavy atom. The standard InChI is InChI=1S/C12H21N3O3S/c1-3-14-9-10-15(11-14)8-6-4-5-7-12(16)13-19(2,17)18/h9-11H,3-8H2,1-2H3/p+1. The monoisotopic (exact) mass is 288 g/mol. The minimum atomic E-state index is -3.29. The van der Waals surface area contributed by atoms with Crippen LogP contribution >= 0.6 is 0 Å². The first-order valence-electron chi connectivity index (χ1n) is 6.43. The molecule has 1 unspecified atom stereocenters. The minimum absolute atomic E-state index is 0.242. The van der Waals surface area contributed by atoms with Gasteiger partial charge in [-0.15, -0.1) is 4.36 Å². The molecule has 7 heteroatoms. The number of aryl methyl sites for hydroxylation is 2. The van der Waals surface area contributed by atoms with Crippen molar-refractivity contribution in [1.29, 1.82) is 0 Å². The Bertz CT molecular complexity index is 522. The van der Waals surface area contributed by atoms with Gasteiger partial charge in [0.15, 0.2) is 10.0 Å². The van der Waals surface area contributed by atoms with Gasteiger partial charge < -0.3 is 4.55 Å². The maximum atomic E-state index is 11.2. The molecule has 0 saturated heterocycles. The lowest BCUT2D eigenvalue weighted by atomic mass is 10.2. The van der Waals surface area contributed by atoms with E-state index in [1.54, 1.807) is 0 Å². The Kier molecular flexibility index (Phi) is 6.17. The van der Waals surface area contributed by atoms with Crippen LogP contribution in [0.15, 0.2) is 23.1 Å². The number of amides is 1. The van der Waals surface area contributed by atoms with E-state index in [0.717, 1.165) is 32.2 Å². The predicted molar refractivity (Wildman–Crippen MR) is 72.9 cm³/mol. The van der Waals surface area contributed by atoms with E-state index in [4.69, 9.17) is 4.55 Å². The van der Waals surface area contributed by atoms with Crippen molar-refractivity contribution in [1.82, 2.24) is 4.57 Å². The van der Waals surface area contributed by atoms with Crippen LogP contribution in [0.3, 0.4) is 0 Å². The smallest absolute Gasteiger partial charge is 0.255 e. The summed E-state index contributed by atoms with van der Waals surface area (Å²) in [6, 6.07) is 0. The van der Waals surface area contributed by atoms with Gasteiger partial charge in [0, 0.05) is 12.7 Å². The molecule has 1 rings (SSSR count). The van der Waals surface area contributed by atoms with Crippen LogP contribution in [0.1, 0.15) is 32.6 Å². The molecule has 6 nitrogen and oxygen atoms in total. The molecule has 1 N–H and O–H groups in total. The number of carbonyl (C=O) groups excluding carboxylic acids is 1. The number of unbranched alkanes of at least 4 members (excludes halogenated alkanes) is 2. The van der Waals surface area contributed by atoms with Crippen LogP contribution in [0, 0.1) is 0 Å². The number of carbonyl (C=O) groups is 1. The van der Waals surface area contributed by atoms with Crippen molar-refractivity contribution in [3.63, 3.8) is 0 Å². The molecular weight excluding hydrogens is 266 g/mol. The average molecular weight is 288 g/mol. The molecule has 0 aromatic carbocycles. The van der Waals surface area contributed by atoms with E-state index >= 15 is 0 Å². The zero-order valence-corrected chi connectivity index (χ0v) is 12.3. The van der Waals surface area contributed by atoms with Crippen LogP contribution in [0.4, 0.5) is 0 Å². The van der Waals surface area contributed by atoms with Gasteiger partial charge in [0.25, 0.3) is 5.91 Å². The van der Waals surface area contributed by atoms with Crippen LogP contribution < -0.4 is 4.57 Å². The zero-order chi connectivity index (χ0) is 14.3. The summed E-state index contributed by atoms with van der Waals surface area (Å²) in [5.41, 5.74) is 0. The summed E-state index contributed by atoms with van der Waals surface area (Å²) in [5, 5.41) is 0. The van der Waals surface area contributed by atoms with Gasteiger partial charge in [-0.2, -0.15) is 0 Å². The van der Waals surface area contributed by atoms with Gasteiger partial charge in [0.1, 0.15) is 12.4 Å². The van der Waals surface area contributed by atoms with Gasteiger partial charge in [-0.3, -0.25) is 4.79 Å². The normalized spacial score (nSPS) is 14.1. The van der Waals surface area contributed by atoms with E-state index in [1.807, 2.05) is 12.4 Å². The molecule has 1 amide bonds. The zero-order valence-electron chi connectivity index (χ0n) is 11.5. The molecule has 0 saturated carbocycles. The number of aromatic nitrogens is 2. The molecule has 0 aliphatic carbocycles. The topological polar surface area (TPSA) is 75.5 Å². The molecule has 0 spiro atoms. The summed E-state index contributed by atoms with van der Waals surface area (Å²) in [6.45, 7) is 3.97. The molecule has 1 atom stereocenters. The average Bonchev–Trinajstić information content (AvgIpc) is 2.74. The first kappa shape index (κ1) is 15.8. The first-order chi connectivity index (χ1) is 8.90. The summed E-state index contributed by atoms with van der Waals surface area (Å²) in [6.07, 6.45) is 9.98. The summed E-state index contributed by atoms with van der Waals surface area (Å²) >= 11 is 0. The van der Waals surface area contributed by atoms with E-state index in [2.05, 4.69) is 26.7 Å². The highest BCUT2D eigenvalue weighted by atomic mass is 32.2. The van der Waals surface area contributed by atoms with E-state index in [9.17, 15) is 9.00 Å². The highest BCUT2D eigenvalue weighted by Gasteiger charge is 2.04. The molecule has 0 bridgehead atoms. The fourth-order valence-electron chi connectivity index (χ4n) is 1.74. The SMILES string of the molecule is CCn1cc[n+](CCCCCC(=O)N=S(C)(=O)O)c1. The van der Waals surface area contributed by atoms with E-state index < -0.39 is 15.9 Å². The Labute approximate surface area is 114 Å². The summed E-state index contributed by atoms with van der Waals surface area (Å²) in [5.74, 6) is -0.486. The molecular formula is C12H22N3O3S+. The summed E-state index contributed by atoms with van der Waals surface area (Å²) in [7, 11) is -3.29. The third kappa shape index (κ3) is 7.07. The number of rotatable bonds is 7. The van der Waals surface area contributed by atoms with Gasteiger partial charge in [-0.05, 0) is 26.2 Å². The van der Waals surface area contributed by atoms with Crippen molar-refractivity contribution < 1.29 is 18.1 Å². The Balaban J connectivity index is 2.18. The predicted octanol–water partition coefficient (Wildman–Crippen LogP) is 1.45. The maximum Gasteiger partial charge on any atom is 0.255 e. The van der Waals surface area contributed by atoms with Crippen molar-refractivity contribution in [2.24, 2.45) is 4.36 Å². The molecule has 1 aromatic heterocycles. The van der Waals surface area contributed by atoms with E-state index in [1.165, 1.54) is 0 Å². The minimum Gasteiger partial charge on any atom is -0.300 e. The van der Waals surface area contributed by atoms with Gasteiger partial charge in [0.05, 0.1) is 13.1 Å². The van der Waals surface area contributed by atoms with Crippen LogP contribution in [-0.2, 0) is 27.9 Å². The van der Waals surface area contributed by atoms with E-state index in [0.29, 0.717) is 6.42 Å². The third-order valence-electron chi connectivity index (χ3n) is 2.69. The van der Waals surface area contributed by atoms with Gasteiger partial charge in [-0.1, -0.05) is 0 Å². The van der Waals surface area contributed by atoms with Crippen LogP contribution in [-0.4, -0.2) is 25.5 Å². The molecule has 0 fully saturated rings. The second-order valence-corrected chi connectivity index (χ2v) is 6.25. The Morgan fingerprint density at radius 1 is 1.42 bits per heavy atom. The highest BCUT2D eigenvalue weighted by molar-refractivity contribution is 7.87. The molecule has 1 heterocycles. The van der Waals surface area contributed by atoms with Crippen molar-refractivity contribution in [3.05, 3.63) is 18.7 Å². The first-order valence-corrected chi connectivity index (χ1v) is 8.31. The van der Waals surface area contributed by atoms with Crippen molar-refractivity contribution in [2.45, 2.75) is 45.7 Å². The Morgan fingerprint density at radius 2 is 2.16 bits per heavy atom. The van der Waals surface area contributed by atoms with Gasteiger partial charge in [0.2, 0.25) is 6.33 Å². The summed E-state index contributed by atoms with van der Waals surface area (Å²) in [4.78, 5) is 11.2. The lowest BCUT2D eigenvalue weighted by Gasteiger charge is -1.98. The quantitative estimate of drug-likeness (QED) is 0.609. The number of hydrogen-bond acceptors (Lipinski definition) is 2. The molecule has 108 valence electrons. The lowest BCUT2D eigenvalue weighted by Crippen LogP contribution is -2.30. The van der Waals surface area contributed by atoms with Gasteiger partial charge >= 0.3 is 0 Å². The fraction of sp³-hybridized carbons (Fsp3) is 0.667. The number of hydrogen-bond donors (Lipinski definition) is 1. The molecule has 0 radical (unpaired) electrons. The van der Waals surface area contributed by atoms with Gasteiger partial charge in [-0.25, -0.2) is 13.3 Å². The molecule has 1 aromatic rings. The second-order valence-electron chi connectivity index (χ2n) is 4.54. The van der Waals surface area contributed by atoms with Crippen molar-refractivity contribution in [3.8, 4) is 0 Å². The van der Waals surface area contributed by atoms with Crippen LogP contribution in [0.2, 0.25) is 0 Å². The molecule has 0 aliphatic rings. The number of imidazole rings is 1.